The van der Waals surface area contributed by atoms with Crippen molar-refractivity contribution < 1.29 is 23.8 Å². The average Bonchev–Trinajstić information content (AvgIpc) is 2.82. The molecule has 2 aromatic carbocycles. The first kappa shape index (κ1) is 25.0. The number of halogens is 1. The van der Waals surface area contributed by atoms with Crippen molar-refractivity contribution >= 4 is 27.7 Å². The van der Waals surface area contributed by atoms with Crippen LogP contribution in [-0.4, -0.2) is 32.1 Å². The van der Waals surface area contributed by atoms with Gasteiger partial charge in [-0.3, -0.25) is 9.59 Å². The molecule has 0 radical (unpaired) electrons. The summed E-state index contributed by atoms with van der Waals surface area (Å²) in [6, 6.07) is 13.5. The van der Waals surface area contributed by atoms with Gasteiger partial charge in [-0.25, -0.2) is 0 Å². The predicted octanol–water partition coefficient (Wildman–Crippen LogP) is 5.64. The van der Waals surface area contributed by atoms with E-state index in [9.17, 15) is 9.59 Å². The summed E-state index contributed by atoms with van der Waals surface area (Å²) in [5, 5.41) is 3.31. The monoisotopic (exact) mass is 539 g/mol. The first-order chi connectivity index (χ1) is 16.7. The Morgan fingerprint density at radius 3 is 2.31 bits per heavy atom. The van der Waals surface area contributed by atoms with Crippen LogP contribution < -0.4 is 14.8 Å². The van der Waals surface area contributed by atoms with Crippen LogP contribution in [0.4, 0.5) is 0 Å². The van der Waals surface area contributed by atoms with Crippen molar-refractivity contribution in [3.63, 3.8) is 0 Å². The van der Waals surface area contributed by atoms with Crippen LogP contribution >= 0.6 is 15.9 Å². The van der Waals surface area contributed by atoms with E-state index in [2.05, 4.69) is 27.8 Å². The standard InChI is InChI=1S/C28H30BrNO5/c1-15(2)35-28(32)25-16(3)30-21-12-19(18-8-11-23(33-4)24(14-18)34-5)13-22(31)27(21)26(25)17-6-9-20(29)10-7-17/h6-11,14-15,19,25-26,30H,3,12-13H2,1-2,4-5H3. The highest BCUT2D eigenvalue weighted by Gasteiger charge is 2.45. The summed E-state index contributed by atoms with van der Waals surface area (Å²) < 4.78 is 17.3. The number of benzene rings is 2. The summed E-state index contributed by atoms with van der Waals surface area (Å²) in [5.74, 6) is -0.290. The number of nitrogens with one attached hydrogen (secondary N) is 1. The largest absolute Gasteiger partial charge is 0.493 e. The van der Waals surface area contributed by atoms with Gasteiger partial charge in [0.25, 0.3) is 0 Å². The number of carbonyl (C=O) groups excluding carboxylic acids is 2. The third-order valence-corrected chi connectivity index (χ3v) is 7.08. The van der Waals surface area contributed by atoms with E-state index in [0.717, 1.165) is 21.3 Å². The zero-order valence-electron chi connectivity index (χ0n) is 20.4. The fourth-order valence-corrected chi connectivity index (χ4v) is 5.27. The summed E-state index contributed by atoms with van der Waals surface area (Å²) in [7, 11) is 3.19. The summed E-state index contributed by atoms with van der Waals surface area (Å²) in [6.45, 7) is 7.81. The predicted molar refractivity (Wildman–Crippen MR) is 137 cm³/mol. The lowest BCUT2D eigenvalue weighted by Gasteiger charge is -2.40. The molecule has 0 aromatic heterocycles. The number of hydrogen-bond donors (Lipinski definition) is 1. The van der Waals surface area contributed by atoms with Crippen molar-refractivity contribution in [2.24, 2.45) is 5.92 Å². The van der Waals surface area contributed by atoms with E-state index in [4.69, 9.17) is 14.2 Å². The molecule has 0 bridgehead atoms. The minimum absolute atomic E-state index is 0.0151. The second-order valence-corrected chi connectivity index (χ2v) is 10.1. The number of esters is 1. The van der Waals surface area contributed by atoms with Crippen molar-refractivity contribution in [2.75, 3.05) is 14.2 Å². The molecule has 0 fully saturated rings. The van der Waals surface area contributed by atoms with Gasteiger partial charge in [0, 0.05) is 33.8 Å². The number of ether oxygens (including phenoxy) is 3. The van der Waals surface area contributed by atoms with E-state index < -0.39 is 11.8 Å². The molecule has 7 heteroatoms. The Kier molecular flexibility index (Phi) is 7.36. The normalized spacial score (nSPS) is 21.9. The molecule has 4 rings (SSSR count). The SMILES string of the molecule is C=C1NC2=C(C(=O)CC(c3ccc(OC)c(OC)c3)C2)C(c2ccc(Br)cc2)C1C(=O)OC(C)C. The van der Waals surface area contributed by atoms with Gasteiger partial charge in [0.2, 0.25) is 0 Å². The van der Waals surface area contributed by atoms with Crippen LogP contribution in [0, 0.1) is 5.92 Å². The second-order valence-electron chi connectivity index (χ2n) is 9.18. The van der Waals surface area contributed by atoms with Gasteiger partial charge in [-0.15, -0.1) is 0 Å². The summed E-state index contributed by atoms with van der Waals surface area (Å²) in [4.78, 5) is 26.9. The first-order valence-corrected chi connectivity index (χ1v) is 12.4. The maximum atomic E-state index is 13.7. The first-order valence-electron chi connectivity index (χ1n) is 11.6. The molecule has 0 saturated carbocycles. The van der Waals surface area contributed by atoms with Crippen molar-refractivity contribution in [3.05, 3.63) is 81.6 Å². The van der Waals surface area contributed by atoms with E-state index in [1.54, 1.807) is 14.2 Å². The quantitative estimate of drug-likeness (QED) is 0.479. The number of carbonyl (C=O) groups is 2. The molecule has 2 aromatic rings. The zero-order chi connectivity index (χ0) is 25.3. The summed E-state index contributed by atoms with van der Waals surface area (Å²) >= 11 is 3.47. The second kappa shape index (κ2) is 10.3. The Balaban J connectivity index is 1.76. The van der Waals surface area contributed by atoms with Gasteiger partial charge in [0.15, 0.2) is 17.3 Å². The number of rotatable bonds is 6. The highest BCUT2D eigenvalue weighted by atomic mass is 79.9. The molecule has 184 valence electrons. The van der Waals surface area contributed by atoms with E-state index in [1.165, 1.54) is 0 Å². The maximum Gasteiger partial charge on any atom is 0.316 e. The van der Waals surface area contributed by atoms with Gasteiger partial charge >= 0.3 is 5.97 Å². The Morgan fingerprint density at radius 1 is 1.03 bits per heavy atom. The molecule has 0 spiro atoms. The van der Waals surface area contributed by atoms with Crippen LogP contribution in [0.2, 0.25) is 0 Å². The van der Waals surface area contributed by atoms with Crippen molar-refractivity contribution in [2.45, 2.75) is 44.6 Å². The van der Waals surface area contributed by atoms with Crippen molar-refractivity contribution in [1.29, 1.82) is 0 Å². The molecule has 35 heavy (non-hydrogen) atoms. The number of ketones is 1. The Hall–Kier alpha value is -3.06. The number of hydrogen-bond acceptors (Lipinski definition) is 6. The van der Waals surface area contributed by atoms with E-state index >= 15 is 0 Å². The summed E-state index contributed by atoms with van der Waals surface area (Å²) in [5.41, 5.74) is 3.88. The molecular weight excluding hydrogens is 510 g/mol. The molecule has 3 atom stereocenters. The van der Waals surface area contributed by atoms with E-state index in [0.29, 0.717) is 35.6 Å². The lowest BCUT2D eigenvalue weighted by Crippen LogP contribution is -2.42. The topological polar surface area (TPSA) is 73.9 Å². The fraction of sp³-hybridized carbons (Fsp3) is 0.357. The Bertz CT molecular complexity index is 1180. The van der Waals surface area contributed by atoms with E-state index in [1.807, 2.05) is 56.3 Å². The molecule has 0 amide bonds. The van der Waals surface area contributed by atoms with Crippen molar-refractivity contribution in [3.8, 4) is 11.5 Å². The highest BCUT2D eigenvalue weighted by molar-refractivity contribution is 9.10. The van der Waals surface area contributed by atoms with Crippen LogP contribution in [0.3, 0.4) is 0 Å². The minimum atomic E-state index is -0.695. The minimum Gasteiger partial charge on any atom is -0.493 e. The van der Waals surface area contributed by atoms with Gasteiger partial charge in [0.05, 0.1) is 20.3 Å². The van der Waals surface area contributed by atoms with Gasteiger partial charge in [-0.1, -0.05) is 40.7 Å². The molecule has 3 unspecified atom stereocenters. The number of methoxy groups -OCH3 is 2. The lowest BCUT2D eigenvalue weighted by atomic mass is 9.69. The third-order valence-electron chi connectivity index (χ3n) is 6.55. The molecule has 6 nitrogen and oxygen atoms in total. The van der Waals surface area contributed by atoms with Crippen LogP contribution in [0.15, 0.2) is 70.5 Å². The van der Waals surface area contributed by atoms with Crippen LogP contribution in [0.5, 0.6) is 11.5 Å². The van der Waals surface area contributed by atoms with Gasteiger partial charge in [-0.2, -0.15) is 0 Å². The highest BCUT2D eigenvalue weighted by Crippen LogP contribution is 2.48. The Labute approximate surface area is 214 Å². The van der Waals surface area contributed by atoms with Crippen LogP contribution in [0.25, 0.3) is 0 Å². The molecule has 1 aliphatic carbocycles. The molecule has 1 heterocycles. The van der Waals surface area contributed by atoms with Gasteiger partial charge < -0.3 is 19.5 Å². The molecule has 1 aliphatic heterocycles. The molecular formula is C28H30BrNO5. The number of Topliss-reactive ketones (excluding diaryl/α,β-unsaturated/α-hetero) is 1. The Morgan fingerprint density at radius 2 is 1.69 bits per heavy atom. The smallest absolute Gasteiger partial charge is 0.316 e. The van der Waals surface area contributed by atoms with Crippen LogP contribution in [0.1, 0.15) is 49.7 Å². The van der Waals surface area contributed by atoms with Gasteiger partial charge in [-0.05, 0) is 61.6 Å². The number of allylic oxidation sites excluding steroid dienone is 2. The van der Waals surface area contributed by atoms with Crippen molar-refractivity contribution in [1.82, 2.24) is 5.32 Å². The maximum absolute atomic E-state index is 13.7. The molecule has 0 saturated heterocycles. The molecule has 2 aliphatic rings. The van der Waals surface area contributed by atoms with Gasteiger partial charge in [0.1, 0.15) is 5.92 Å². The van der Waals surface area contributed by atoms with E-state index in [-0.39, 0.29) is 23.8 Å². The average molecular weight is 540 g/mol. The molecule has 1 N–H and O–H groups in total. The van der Waals surface area contributed by atoms with Crippen LogP contribution in [-0.2, 0) is 14.3 Å². The lowest BCUT2D eigenvalue weighted by molar-refractivity contribution is -0.151. The third kappa shape index (κ3) is 5.01. The summed E-state index contributed by atoms with van der Waals surface area (Å²) in [6.07, 6.45) is 0.684. The zero-order valence-corrected chi connectivity index (χ0v) is 22.0. The fourth-order valence-electron chi connectivity index (χ4n) is 5.01.